The van der Waals surface area contributed by atoms with Crippen molar-refractivity contribution in [2.45, 2.75) is 25.8 Å². The van der Waals surface area contributed by atoms with Crippen molar-refractivity contribution in [1.82, 2.24) is 9.97 Å². The minimum absolute atomic E-state index is 0.317. The van der Waals surface area contributed by atoms with Crippen LogP contribution in [0.2, 0.25) is 5.28 Å². The van der Waals surface area contributed by atoms with Crippen LogP contribution in [-0.2, 0) is 0 Å². The van der Waals surface area contributed by atoms with E-state index in [0.717, 1.165) is 11.7 Å². The predicted molar refractivity (Wildman–Crippen MR) is 57.6 cm³/mol. The van der Waals surface area contributed by atoms with E-state index in [-0.39, 0.29) is 0 Å². The third-order valence-corrected chi connectivity index (χ3v) is 3.07. The summed E-state index contributed by atoms with van der Waals surface area (Å²) in [5.74, 6) is 1.73. The lowest BCUT2D eigenvalue weighted by Crippen LogP contribution is -2.31. The van der Waals surface area contributed by atoms with Gasteiger partial charge in [-0.05, 0) is 43.4 Å². The summed E-state index contributed by atoms with van der Waals surface area (Å²) in [6, 6.07) is 2.44. The fourth-order valence-corrected chi connectivity index (χ4v) is 1.77. The first-order valence-corrected chi connectivity index (χ1v) is 5.27. The van der Waals surface area contributed by atoms with Gasteiger partial charge in [-0.2, -0.15) is 0 Å². The van der Waals surface area contributed by atoms with Crippen LogP contribution in [0.3, 0.4) is 0 Å². The number of hydrogen-bond acceptors (Lipinski definition) is 3. The summed E-state index contributed by atoms with van der Waals surface area (Å²) in [6.07, 6.45) is 4.37. The van der Waals surface area contributed by atoms with Crippen LogP contribution in [0.1, 0.15) is 19.8 Å². The third kappa shape index (κ3) is 1.98. The lowest BCUT2D eigenvalue weighted by molar-refractivity contribution is 0.603. The molecule has 1 aliphatic carbocycles. The largest absolute Gasteiger partial charge is 0.357 e. The maximum Gasteiger partial charge on any atom is 0.224 e. The zero-order valence-electron chi connectivity index (χ0n) is 8.44. The molecule has 0 saturated heterocycles. The van der Waals surface area contributed by atoms with Gasteiger partial charge < -0.3 is 4.90 Å². The molecule has 1 aromatic heterocycles. The van der Waals surface area contributed by atoms with E-state index >= 15 is 0 Å². The molecule has 1 aliphatic rings. The highest BCUT2D eigenvalue weighted by atomic mass is 35.5. The minimum atomic E-state index is 0.317. The second-order valence-electron chi connectivity index (χ2n) is 3.87. The summed E-state index contributed by atoms with van der Waals surface area (Å²) in [7, 11) is 2.06. The van der Waals surface area contributed by atoms with Gasteiger partial charge in [-0.25, -0.2) is 9.97 Å². The van der Waals surface area contributed by atoms with Crippen molar-refractivity contribution in [3.63, 3.8) is 0 Å². The van der Waals surface area contributed by atoms with Crippen LogP contribution in [0.15, 0.2) is 12.3 Å². The Morgan fingerprint density at radius 2 is 2.29 bits per heavy atom. The van der Waals surface area contributed by atoms with Crippen LogP contribution in [0.25, 0.3) is 0 Å². The molecule has 0 radical (unpaired) electrons. The van der Waals surface area contributed by atoms with Gasteiger partial charge in [-0.1, -0.05) is 0 Å². The van der Waals surface area contributed by atoms with Gasteiger partial charge >= 0.3 is 0 Å². The van der Waals surface area contributed by atoms with Crippen LogP contribution in [0.4, 0.5) is 5.82 Å². The average Bonchev–Trinajstić information content (AvgIpc) is 2.99. The summed E-state index contributed by atoms with van der Waals surface area (Å²) in [4.78, 5) is 10.2. The van der Waals surface area contributed by atoms with Gasteiger partial charge in [0.1, 0.15) is 5.82 Å². The van der Waals surface area contributed by atoms with Gasteiger partial charge in [0.05, 0.1) is 0 Å². The molecule has 1 atom stereocenters. The Morgan fingerprint density at radius 3 is 2.86 bits per heavy atom. The van der Waals surface area contributed by atoms with Crippen molar-refractivity contribution in [3.8, 4) is 0 Å². The molecule has 1 saturated carbocycles. The van der Waals surface area contributed by atoms with E-state index in [0.29, 0.717) is 11.3 Å². The topological polar surface area (TPSA) is 29.0 Å². The first-order valence-electron chi connectivity index (χ1n) is 4.90. The highest BCUT2D eigenvalue weighted by molar-refractivity contribution is 6.28. The second-order valence-corrected chi connectivity index (χ2v) is 4.21. The van der Waals surface area contributed by atoms with Gasteiger partial charge in [0.2, 0.25) is 5.28 Å². The SMILES string of the molecule is CC(C1CC1)N(C)c1ccnc(Cl)n1. The first kappa shape index (κ1) is 9.71. The van der Waals surface area contributed by atoms with Crippen LogP contribution in [0, 0.1) is 5.92 Å². The normalized spacial score (nSPS) is 17.9. The zero-order chi connectivity index (χ0) is 10.1. The van der Waals surface area contributed by atoms with Crippen molar-refractivity contribution in [1.29, 1.82) is 0 Å². The Bertz CT molecular complexity index is 325. The smallest absolute Gasteiger partial charge is 0.224 e. The number of nitrogens with zero attached hydrogens (tertiary/aromatic N) is 3. The van der Waals surface area contributed by atoms with Gasteiger partial charge in [0.15, 0.2) is 0 Å². The first-order chi connectivity index (χ1) is 6.68. The van der Waals surface area contributed by atoms with Crippen molar-refractivity contribution in [2.75, 3.05) is 11.9 Å². The monoisotopic (exact) mass is 211 g/mol. The van der Waals surface area contributed by atoms with E-state index in [2.05, 4.69) is 28.8 Å². The van der Waals surface area contributed by atoms with Gasteiger partial charge in [0.25, 0.3) is 0 Å². The van der Waals surface area contributed by atoms with E-state index in [1.54, 1.807) is 6.20 Å². The molecule has 0 N–H and O–H groups in total. The fourth-order valence-electron chi connectivity index (χ4n) is 1.63. The van der Waals surface area contributed by atoms with E-state index in [4.69, 9.17) is 11.6 Å². The second kappa shape index (κ2) is 3.73. The van der Waals surface area contributed by atoms with Crippen LogP contribution >= 0.6 is 11.6 Å². The Labute approximate surface area is 89.1 Å². The highest BCUT2D eigenvalue weighted by Crippen LogP contribution is 2.35. The number of hydrogen-bond donors (Lipinski definition) is 0. The molecular formula is C10H14ClN3. The van der Waals surface area contributed by atoms with Gasteiger partial charge in [-0.15, -0.1) is 0 Å². The standard InChI is InChI=1S/C10H14ClN3/c1-7(8-3-4-8)14(2)9-5-6-12-10(11)13-9/h5-8H,3-4H2,1-2H3. The Kier molecular flexibility index (Phi) is 2.59. The molecule has 0 bridgehead atoms. The summed E-state index contributed by atoms with van der Waals surface area (Å²) in [6.45, 7) is 2.23. The molecule has 0 aliphatic heterocycles. The molecule has 1 aromatic rings. The van der Waals surface area contributed by atoms with Crippen molar-refractivity contribution >= 4 is 17.4 Å². The molecule has 0 aromatic carbocycles. The molecule has 0 amide bonds. The molecule has 1 fully saturated rings. The third-order valence-electron chi connectivity index (χ3n) is 2.89. The molecule has 76 valence electrons. The summed E-state index contributed by atoms with van der Waals surface area (Å²) in [5.41, 5.74) is 0. The quantitative estimate of drug-likeness (QED) is 0.719. The molecule has 4 heteroatoms. The highest BCUT2D eigenvalue weighted by Gasteiger charge is 2.31. The van der Waals surface area contributed by atoms with E-state index in [9.17, 15) is 0 Å². The summed E-state index contributed by atoms with van der Waals surface area (Å²) < 4.78 is 0. The Balaban J connectivity index is 2.13. The maximum atomic E-state index is 5.74. The van der Waals surface area contributed by atoms with Crippen molar-refractivity contribution in [3.05, 3.63) is 17.5 Å². The van der Waals surface area contributed by atoms with Crippen molar-refractivity contribution in [2.24, 2.45) is 5.92 Å². The van der Waals surface area contributed by atoms with E-state index in [1.807, 2.05) is 6.07 Å². The van der Waals surface area contributed by atoms with Gasteiger partial charge in [0, 0.05) is 19.3 Å². The molecular weight excluding hydrogens is 198 g/mol. The minimum Gasteiger partial charge on any atom is -0.357 e. The summed E-state index contributed by atoms with van der Waals surface area (Å²) >= 11 is 5.74. The van der Waals surface area contributed by atoms with Crippen LogP contribution in [0.5, 0.6) is 0 Å². The summed E-state index contributed by atoms with van der Waals surface area (Å²) in [5, 5.41) is 0.317. The number of anilines is 1. The molecule has 2 rings (SSSR count). The number of halogens is 1. The zero-order valence-corrected chi connectivity index (χ0v) is 9.20. The van der Waals surface area contributed by atoms with Crippen LogP contribution in [-0.4, -0.2) is 23.1 Å². The molecule has 1 heterocycles. The van der Waals surface area contributed by atoms with Gasteiger partial charge in [-0.3, -0.25) is 0 Å². The fraction of sp³-hybridized carbons (Fsp3) is 0.600. The lowest BCUT2D eigenvalue weighted by atomic mass is 10.2. The van der Waals surface area contributed by atoms with E-state index < -0.39 is 0 Å². The number of rotatable bonds is 3. The van der Waals surface area contributed by atoms with Crippen LogP contribution < -0.4 is 4.90 Å². The van der Waals surface area contributed by atoms with Crippen molar-refractivity contribution < 1.29 is 0 Å². The van der Waals surface area contributed by atoms with E-state index in [1.165, 1.54) is 12.8 Å². The molecule has 1 unspecified atom stereocenters. The molecule has 3 nitrogen and oxygen atoms in total. The average molecular weight is 212 g/mol. The lowest BCUT2D eigenvalue weighted by Gasteiger charge is -2.25. The number of aromatic nitrogens is 2. The predicted octanol–water partition coefficient (Wildman–Crippen LogP) is 2.36. The Hall–Kier alpha value is -0.830. The maximum absolute atomic E-state index is 5.74. The molecule has 14 heavy (non-hydrogen) atoms. The Morgan fingerprint density at radius 1 is 1.57 bits per heavy atom. The molecule has 0 spiro atoms.